The van der Waals surface area contributed by atoms with Gasteiger partial charge < -0.3 is 5.32 Å². The van der Waals surface area contributed by atoms with Crippen LogP contribution >= 0.6 is 0 Å². The maximum absolute atomic E-state index is 13.7. The summed E-state index contributed by atoms with van der Waals surface area (Å²) in [5.41, 5.74) is 2.14. The van der Waals surface area contributed by atoms with Gasteiger partial charge in [-0.1, -0.05) is 66.7 Å². The van der Waals surface area contributed by atoms with E-state index in [0.29, 0.717) is 16.9 Å². The van der Waals surface area contributed by atoms with Crippen LogP contribution in [0, 0.1) is 5.82 Å². The van der Waals surface area contributed by atoms with Gasteiger partial charge in [0.05, 0.1) is 12.1 Å². The lowest BCUT2D eigenvalue weighted by Crippen LogP contribution is -2.29. The van der Waals surface area contributed by atoms with E-state index in [4.69, 9.17) is 0 Å². The van der Waals surface area contributed by atoms with Crippen LogP contribution in [-0.4, -0.2) is 15.6 Å². The molecule has 0 amide bonds. The van der Waals surface area contributed by atoms with Crippen LogP contribution in [-0.2, 0) is 6.54 Å². The number of nitrogens with one attached hydrogen (secondary N) is 1. The van der Waals surface area contributed by atoms with Gasteiger partial charge in [0.1, 0.15) is 17.2 Å². The fourth-order valence-corrected chi connectivity index (χ4v) is 3.40. The second kappa shape index (κ2) is 8.75. The SMILES string of the molecule is CC(=O)c1c(-c2ccccc2)nn(Cc2ccccc2)c(=O)c1Nc1cccc(F)c1. The van der Waals surface area contributed by atoms with Gasteiger partial charge >= 0.3 is 0 Å². The Hall–Kier alpha value is -4.06. The lowest BCUT2D eigenvalue weighted by molar-refractivity contribution is 0.101. The van der Waals surface area contributed by atoms with Crippen LogP contribution in [0.15, 0.2) is 89.7 Å². The quantitative estimate of drug-likeness (QED) is 0.450. The van der Waals surface area contributed by atoms with Gasteiger partial charge in [-0.3, -0.25) is 9.59 Å². The lowest BCUT2D eigenvalue weighted by atomic mass is 10.0. The molecule has 0 aliphatic carbocycles. The van der Waals surface area contributed by atoms with Crippen LogP contribution in [0.3, 0.4) is 0 Å². The third kappa shape index (κ3) is 4.43. The molecule has 6 heteroatoms. The van der Waals surface area contributed by atoms with Gasteiger partial charge in [0, 0.05) is 11.3 Å². The van der Waals surface area contributed by atoms with Crippen LogP contribution in [0.25, 0.3) is 11.3 Å². The Balaban J connectivity index is 1.94. The molecule has 5 nitrogen and oxygen atoms in total. The van der Waals surface area contributed by atoms with Crippen molar-refractivity contribution in [1.29, 1.82) is 0 Å². The van der Waals surface area contributed by atoms with Gasteiger partial charge in [0.25, 0.3) is 5.56 Å². The molecule has 154 valence electrons. The van der Waals surface area contributed by atoms with Crippen LogP contribution in [0.5, 0.6) is 0 Å². The van der Waals surface area contributed by atoms with Crippen molar-refractivity contribution in [2.24, 2.45) is 0 Å². The summed E-state index contributed by atoms with van der Waals surface area (Å²) in [5, 5.41) is 7.51. The molecule has 0 radical (unpaired) electrons. The third-order valence-electron chi connectivity index (χ3n) is 4.82. The summed E-state index contributed by atoms with van der Waals surface area (Å²) < 4.78 is 15.1. The molecule has 0 bridgehead atoms. The zero-order valence-corrected chi connectivity index (χ0v) is 16.9. The molecule has 0 atom stereocenters. The van der Waals surface area contributed by atoms with Crippen molar-refractivity contribution in [2.45, 2.75) is 13.5 Å². The fraction of sp³-hybridized carbons (Fsp3) is 0.0800. The highest BCUT2D eigenvalue weighted by Gasteiger charge is 2.22. The van der Waals surface area contributed by atoms with Crippen molar-refractivity contribution in [1.82, 2.24) is 9.78 Å². The molecule has 4 rings (SSSR count). The van der Waals surface area contributed by atoms with E-state index in [1.54, 1.807) is 6.07 Å². The molecule has 1 heterocycles. The predicted octanol–water partition coefficient (Wildman–Crippen LogP) is 5.04. The van der Waals surface area contributed by atoms with Crippen LogP contribution < -0.4 is 10.9 Å². The molecule has 0 saturated heterocycles. The summed E-state index contributed by atoms with van der Waals surface area (Å²) in [6, 6.07) is 24.4. The normalized spacial score (nSPS) is 10.6. The van der Waals surface area contributed by atoms with E-state index >= 15 is 0 Å². The molecule has 31 heavy (non-hydrogen) atoms. The molecule has 0 aliphatic rings. The number of ketones is 1. The summed E-state index contributed by atoms with van der Waals surface area (Å²) >= 11 is 0. The Bertz CT molecular complexity index is 1290. The summed E-state index contributed by atoms with van der Waals surface area (Å²) in [4.78, 5) is 26.0. The first-order chi connectivity index (χ1) is 15.0. The Kier molecular flexibility index (Phi) is 5.71. The number of halogens is 1. The van der Waals surface area contributed by atoms with Crippen molar-refractivity contribution in [3.63, 3.8) is 0 Å². The minimum Gasteiger partial charge on any atom is -0.350 e. The summed E-state index contributed by atoms with van der Waals surface area (Å²) in [5.74, 6) is -0.759. The van der Waals surface area contributed by atoms with Crippen LogP contribution in [0.4, 0.5) is 15.8 Å². The maximum Gasteiger partial charge on any atom is 0.291 e. The van der Waals surface area contributed by atoms with Gasteiger partial charge in [0.15, 0.2) is 5.78 Å². The van der Waals surface area contributed by atoms with E-state index in [9.17, 15) is 14.0 Å². The van der Waals surface area contributed by atoms with E-state index in [-0.39, 0.29) is 23.6 Å². The molecule has 0 spiro atoms. The van der Waals surface area contributed by atoms with Gasteiger partial charge in [-0.2, -0.15) is 5.10 Å². The first-order valence-corrected chi connectivity index (χ1v) is 9.81. The first kappa shape index (κ1) is 20.2. The fourth-order valence-electron chi connectivity index (χ4n) is 3.40. The zero-order valence-electron chi connectivity index (χ0n) is 16.9. The van der Waals surface area contributed by atoms with Crippen molar-refractivity contribution in [3.8, 4) is 11.3 Å². The summed E-state index contributed by atoms with van der Waals surface area (Å²) in [6.07, 6.45) is 0. The van der Waals surface area contributed by atoms with E-state index in [0.717, 1.165) is 5.56 Å². The highest BCUT2D eigenvalue weighted by molar-refractivity contribution is 6.05. The predicted molar refractivity (Wildman–Crippen MR) is 119 cm³/mol. The third-order valence-corrected chi connectivity index (χ3v) is 4.82. The largest absolute Gasteiger partial charge is 0.350 e. The maximum atomic E-state index is 13.7. The van der Waals surface area contributed by atoms with Crippen molar-refractivity contribution in [2.75, 3.05) is 5.32 Å². The topological polar surface area (TPSA) is 64.0 Å². The molecule has 1 aromatic heterocycles. The highest BCUT2D eigenvalue weighted by atomic mass is 19.1. The van der Waals surface area contributed by atoms with Crippen LogP contribution in [0.1, 0.15) is 22.8 Å². The molecule has 0 aliphatic heterocycles. The number of hydrogen-bond donors (Lipinski definition) is 1. The Morgan fingerprint density at radius 1 is 0.968 bits per heavy atom. The highest BCUT2D eigenvalue weighted by Crippen LogP contribution is 2.28. The number of carbonyl (C=O) groups excluding carboxylic acids is 1. The van der Waals surface area contributed by atoms with Crippen molar-refractivity contribution in [3.05, 3.63) is 112 Å². The van der Waals surface area contributed by atoms with E-state index in [1.165, 1.54) is 29.8 Å². The number of carbonyl (C=O) groups is 1. The second-order valence-corrected chi connectivity index (χ2v) is 7.10. The Morgan fingerprint density at radius 3 is 2.29 bits per heavy atom. The summed E-state index contributed by atoms with van der Waals surface area (Å²) in [7, 11) is 0. The number of hydrogen-bond acceptors (Lipinski definition) is 4. The molecular formula is C25H20FN3O2. The number of aromatic nitrogens is 2. The van der Waals surface area contributed by atoms with E-state index < -0.39 is 11.4 Å². The number of nitrogens with zero attached hydrogens (tertiary/aromatic N) is 2. The van der Waals surface area contributed by atoms with Gasteiger partial charge in [-0.15, -0.1) is 0 Å². The van der Waals surface area contributed by atoms with Crippen molar-refractivity contribution >= 4 is 17.2 Å². The molecule has 3 aromatic carbocycles. The molecule has 0 saturated carbocycles. The van der Waals surface area contributed by atoms with Gasteiger partial charge in [0.2, 0.25) is 0 Å². The van der Waals surface area contributed by atoms with Crippen LogP contribution in [0.2, 0.25) is 0 Å². The van der Waals surface area contributed by atoms with E-state index in [1.807, 2.05) is 60.7 Å². The first-order valence-electron chi connectivity index (χ1n) is 9.81. The summed E-state index contributed by atoms with van der Waals surface area (Å²) in [6.45, 7) is 1.62. The monoisotopic (exact) mass is 413 g/mol. The second-order valence-electron chi connectivity index (χ2n) is 7.10. The average Bonchev–Trinajstić information content (AvgIpc) is 2.77. The molecular weight excluding hydrogens is 393 g/mol. The minimum absolute atomic E-state index is 0.0721. The van der Waals surface area contributed by atoms with Crippen molar-refractivity contribution < 1.29 is 9.18 Å². The number of Topliss-reactive ketones (excluding diaryl/α,β-unsaturated/α-hetero) is 1. The Labute approximate surface area is 178 Å². The lowest BCUT2D eigenvalue weighted by Gasteiger charge is -2.17. The smallest absolute Gasteiger partial charge is 0.291 e. The number of rotatable bonds is 6. The minimum atomic E-state index is -0.460. The Morgan fingerprint density at radius 2 is 1.65 bits per heavy atom. The van der Waals surface area contributed by atoms with Gasteiger partial charge in [-0.05, 0) is 30.7 Å². The van der Waals surface area contributed by atoms with E-state index in [2.05, 4.69) is 10.4 Å². The average molecular weight is 413 g/mol. The molecule has 0 unspecified atom stereocenters. The standard InChI is InChI=1S/C25H20FN3O2/c1-17(30)22-23(19-11-6-3-7-12-19)28-29(16-18-9-4-2-5-10-18)25(31)24(22)27-21-14-8-13-20(26)15-21/h2-15,27H,16H2,1H3. The number of benzene rings is 3. The molecule has 0 fully saturated rings. The molecule has 1 N–H and O–H groups in total. The van der Waals surface area contributed by atoms with Gasteiger partial charge in [-0.25, -0.2) is 9.07 Å². The number of anilines is 2. The molecule has 4 aromatic rings. The zero-order chi connectivity index (χ0) is 21.8.